The average Bonchev–Trinajstić information content (AvgIpc) is 2.37. The van der Waals surface area contributed by atoms with Crippen LogP contribution in [0.1, 0.15) is 21.5 Å². The maximum absolute atomic E-state index is 14.1. The highest BCUT2D eigenvalue weighted by Crippen LogP contribution is 2.32. The summed E-state index contributed by atoms with van der Waals surface area (Å²) in [7, 11) is 1.54. The molecule has 5 heteroatoms. The number of carboxylic acids is 1. The molecule has 0 saturated carbocycles. The Morgan fingerprint density at radius 2 is 1.67 bits per heavy atom. The molecule has 0 saturated heterocycles. The SMILES string of the molecule is Cc1ccc(N(C)c2c(F)cc(C(=O)O)cc2F)c(C)c1. The van der Waals surface area contributed by atoms with E-state index in [9.17, 15) is 13.6 Å². The first-order chi connectivity index (χ1) is 9.81. The highest BCUT2D eigenvalue weighted by atomic mass is 19.1. The molecule has 0 unspecified atom stereocenters. The summed E-state index contributed by atoms with van der Waals surface area (Å²) in [5.74, 6) is -3.18. The Morgan fingerprint density at radius 3 is 2.14 bits per heavy atom. The lowest BCUT2D eigenvalue weighted by molar-refractivity contribution is 0.0696. The smallest absolute Gasteiger partial charge is 0.335 e. The fourth-order valence-corrected chi connectivity index (χ4v) is 2.31. The first kappa shape index (κ1) is 15.0. The Balaban J connectivity index is 2.53. The number of halogens is 2. The van der Waals surface area contributed by atoms with Crippen LogP contribution in [0.2, 0.25) is 0 Å². The van der Waals surface area contributed by atoms with Gasteiger partial charge in [0, 0.05) is 12.7 Å². The Kier molecular flexibility index (Phi) is 3.93. The molecule has 0 fully saturated rings. The summed E-state index contributed by atoms with van der Waals surface area (Å²) < 4.78 is 28.1. The summed E-state index contributed by atoms with van der Waals surface area (Å²) in [6.07, 6.45) is 0. The molecule has 21 heavy (non-hydrogen) atoms. The molecule has 0 heterocycles. The normalized spacial score (nSPS) is 10.5. The number of hydrogen-bond acceptors (Lipinski definition) is 2. The predicted molar refractivity (Wildman–Crippen MR) is 77.3 cm³/mol. The zero-order valence-electron chi connectivity index (χ0n) is 11.9. The minimum absolute atomic E-state index is 0.271. The highest BCUT2D eigenvalue weighted by molar-refractivity contribution is 5.88. The van der Waals surface area contributed by atoms with Crippen molar-refractivity contribution in [3.63, 3.8) is 0 Å². The summed E-state index contributed by atoms with van der Waals surface area (Å²) in [4.78, 5) is 12.2. The van der Waals surface area contributed by atoms with Crippen LogP contribution < -0.4 is 4.90 Å². The molecule has 2 rings (SSSR count). The number of carbonyl (C=O) groups is 1. The number of carboxylic acid groups (broad SMARTS) is 1. The van der Waals surface area contributed by atoms with Crippen molar-refractivity contribution in [3.8, 4) is 0 Å². The molecule has 2 aromatic rings. The Hall–Kier alpha value is -2.43. The largest absolute Gasteiger partial charge is 0.478 e. The minimum atomic E-state index is -1.37. The van der Waals surface area contributed by atoms with Gasteiger partial charge in [-0.3, -0.25) is 0 Å². The third-order valence-corrected chi connectivity index (χ3v) is 3.31. The number of hydrogen-bond donors (Lipinski definition) is 1. The summed E-state index contributed by atoms with van der Waals surface area (Å²) in [6.45, 7) is 3.78. The fraction of sp³-hybridized carbons (Fsp3) is 0.188. The molecule has 0 aliphatic rings. The number of rotatable bonds is 3. The Bertz CT molecular complexity index is 690. The van der Waals surface area contributed by atoms with Gasteiger partial charge in [-0.15, -0.1) is 0 Å². The summed E-state index contributed by atoms with van der Waals surface area (Å²) >= 11 is 0. The van der Waals surface area contributed by atoms with Crippen molar-refractivity contribution in [3.05, 3.63) is 58.7 Å². The molecule has 2 aromatic carbocycles. The highest BCUT2D eigenvalue weighted by Gasteiger charge is 2.19. The van der Waals surface area contributed by atoms with Crippen LogP contribution in [0.5, 0.6) is 0 Å². The van der Waals surface area contributed by atoms with Gasteiger partial charge in [0.2, 0.25) is 0 Å². The third kappa shape index (κ3) is 2.86. The van der Waals surface area contributed by atoms with E-state index in [-0.39, 0.29) is 5.69 Å². The maximum atomic E-state index is 14.1. The van der Waals surface area contributed by atoms with E-state index in [1.165, 1.54) is 4.90 Å². The lowest BCUT2D eigenvalue weighted by Gasteiger charge is -2.23. The monoisotopic (exact) mass is 291 g/mol. The minimum Gasteiger partial charge on any atom is -0.478 e. The number of anilines is 2. The molecule has 0 amide bonds. The average molecular weight is 291 g/mol. The maximum Gasteiger partial charge on any atom is 0.335 e. The van der Waals surface area contributed by atoms with E-state index < -0.39 is 23.2 Å². The van der Waals surface area contributed by atoms with Gasteiger partial charge >= 0.3 is 5.97 Å². The standard InChI is InChI=1S/C16H15F2NO2/c1-9-4-5-14(10(2)6-9)19(3)15-12(17)7-11(16(20)21)8-13(15)18/h4-8H,1-3H3,(H,20,21). The van der Waals surface area contributed by atoms with Crippen molar-refractivity contribution in [2.24, 2.45) is 0 Å². The molecule has 0 bridgehead atoms. The summed E-state index contributed by atoms with van der Waals surface area (Å²) in [6, 6.07) is 7.17. The van der Waals surface area contributed by atoms with E-state index in [0.717, 1.165) is 23.3 Å². The van der Waals surface area contributed by atoms with Crippen molar-refractivity contribution in [1.82, 2.24) is 0 Å². The molecule has 0 aliphatic carbocycles. The van der Waals surface area contributed by atoms with Crippen LogP contribution >= 0.6 is 0 Å². The van der Waals surface area contributed by atoms with Crippen LogP contribution in [-0.2, 0) is 0 Å². The van der Waals surface area contributed by atoms with Crippen LogP contribution in [0.25, 0.3) is 0 Å². The summed E-state index contributed by atoms with van der Waals surface area (Å²) in [5.41, 5.74) is 1.89. The van der Waals surface area contributed by atoms with Crippen LogP contribution in [0.4, 0.5) is 20.2 Å². The van der Waals surface area contributed by atoms with E-state index in [1.54, 1.807) is 13.1 Å². The number of nitrogens with zero attached hydrogens (tertiary/aromatic N) is 1. The van der Waals surface area contributed by atoms with Gasteiger partial charge in [-0.05, 0) is 37.6 Å². The lowest BCUT2D eigenvalue weighted by atomic mass is 10.1. The fourth-order valence-electron chi connectivity index (χ4n) is 2.31. The summed E-state index contributed by atoms with van der Waals surface area (Å²) in [5, 5.41) is 8.81. The second kappa shape index (κ2) is 5.52. The molecule has 110 valence electrons. The second-order valence-electron chi connectivity index (χ2n) is 4.94. The quantitative estimate of drug-likeness (QED) is 0.927. The van der Waals surface area contributed by atoms with Gasteiger partial charge in [-0.1, -0.05) is 17.7 Å². The van der Waals surface area contributed by atoms with Crippen LogP contribution in [0, 0.1) is 25.5 Å². The lowest BCUT2D eigenvalue weighted by Crippen LogP contribution is -2.15. The van der Waals surface area contributed by atoms with Gasteiger partial charge in [-0.2, -0.15) is 0 Å². The molecular formula is C16H15F2NO2. The van der Waals surface area contributed by atoms with Crippen LogP contribution in [-0.4, -0.2) is 18.1 Å². The van der Waals surface area contributed by atoms with Crippen LogP contribution in [0.15, 0.2) is 30.3 Å². The molecule has 3 nitrogen and oxygen atoms in total. The van der Waals surface area contributed by atoms with Crippen molar-refractivity contribution in [2.45, 2.75) is 13.8 Å². The van der Waals surface area contributed by atoms with Gasteiger partial charge in [0.15, 0.2) is 11.6 Å². The van der Waals surface area contributed by atoms with Gasteiger partial charge in [0.05, 0.1) is 5.56 Å². The number of benzene rings is 2. The zero-order chi connectivity index (χ0) is 15.7. The van der Waals surface area contributed by atoms with E-state index in [0.29, 0.717) is 5.69 Å². The molecule has 0 radical (unpaired) electrons. The molecule has 0 aliphatic heterocycles. The number of aromatic carboxylic acids is 1. The number of aryl methyl sites for hydroxylation is 2. The third-order valence-electron chi connectivity index (χ3n) is 3.31. The first-order valence-corrected chi connectivity index (χ1v) is 6.34. The van der Waals surface area contributed by atoms with Crippen molar-refractivity contribution in [1.29, 1.82) is 0 Å². The van der Waals surface area contributed by atoms with E-state index >= 15 is 0 Å². The Morgan fingerprint density at radius 1 is 1.10 bits per heavy atom. The van der Waals surface area contributed by atoms with Gasteiger partial charge in [0.25, 0.3) is 0 Å². The van der Waals surface area contributed by atoms with E-state index in [2.05, 4.69) is 0 Å². The van der Waals surface area contributed by atoms with Crippen molar-refractivity contribution < 1.29 is 18.7 Å². The molecule has 0 spiro atoms. The Labute approximate surface area is 121 Å². The topological polar surface area (TPSA) is 40.5 Å². The van der Waals surface area contributed by atoms with Gasteiger partial charge < -0.3 is 10.0 Å². The first-order valence-electron chi connectivity index (χ1n) is 6.34. The van der Waals surface area contributed by atoms with E-state index in [1.807, 2.05) is 26.0 Å². The van der Waals surface area contributed by atoms with Crippen molar-refractivity contribution >= 4 is 17.3 Å². The molecule has 0 atom stereocenters. The molecule has 0 aromatic heterocycles. The predicted octanol–water partition coefficient (Wildman–Crippen LogP) is 4.05. The van der Waals surface area contributed by atoms with Crippen LogP contribution in [0.3, 0.4) is 0 Å². The molecule has 1 N–H and O–H groups in total. The molecular weight excluding hydrogens is 276 g/mol. The van der Waals surface area contributed by atoms with Gasteiger partial charge in [-0.25, -0.2) is 13.6 Å². The van der Waals surface area contributed by atoms with Crippen molar-refractivity contribution in [2.75, 3.05) is 11.9 Å². The zero-order valence-corrected chi connectivity index (χ0v) is 11.9. The van der Waals surface area contributed by atoms with E-state index in [4.69, 9.17) is 5.11 Å². The van der Waals surface area contributed by atoms with Gasteiger partial charge in [0.1, 0.15) is 5.69 Å². The second-order valence-corrected chi connectivity index (χ2v) is 4.94.